The van der Waals surface area contributed by atoms with Crippen LogP contribution in [0.4, 0.5) is 10.7 Å². The van der Waals surface area contributed by atoms with Crippen molar-refractivity contribution in [1.82, 2.24) is 0 Å². The monoisotopic (exact) mass is 257 g/mol. The van der Waals surface area contributed by atoms with Gasteiger partial charge in [0.15, 0.2) is 0 Å². The summed E-state index contributed by atoms with van der Waals surface area (Å²) in [4.78, 5) is 2.65. The molecule has 0 aliphatic carbocycles. The van der Waals surface area contributed by atoms with Crippen molar-refractivity contribution in [1.29, 1.82) is 0 Å². The first kappa shape index (κ1) is 10.6. The van der Waals surface area contributed by atoms with Gasteiger partial charge in [-0.2, -0.15) is 0 Å². The van der Waals surface area contributed by atoms with Gasteiger partial charge in [-0.3, -0.25) is 0 Å². The zero-order valence-corrected chi connectivity index (χ0v) is 10.7. The number of hydrogen-bond donors (Lipinski definition) is 1. The van der Waals surface area contributed by atoms with Crippen LogP contribution < -0.4 is 5.32 Å². The Bertz CT molecular complexity index is 582. The van der Waals surface area contributed by atoms with Gasteiger partial charge in [0.25, 0.3) is 0 Å². The molecule has 3 rings (SSSR count). The second kappa shape index (κ2) is 4.73. The predicted molar refractivity (Wildman–Crippen MR) is 77.4 cm³/mol. The Morgan fingerprint density at radius 1 is 0.765 bits per heavy atom. The fourth-order valence-corrected chi connectivity index (χ4v) is 3.38. The minimum atomic E-state index is 1.13. The SMILES string of the molecule is c1ccc(Nc2ccc(-c3cccs3)s2)cc1. The lowest BCUT2D eigenvalue weighted by Crippen LogP contribution is -1.84. The van der Waals surface area contributed by atoms with Gasteiger partial charge in [0.1, 0.15) is 0 Å². The number of benzene rings is 1. The number of hydrogen-bond acceptors (Lipinski definition) is 3. The average molecular weight is 257 g/mol. The highest BCUT2D eigenvalue weighted by Gasteiger charge is 2.03. The number of rotatable bonds is 3. The van der Waals surface area contributed by atoms with Gasteiger partial charge < -0.3 is 5.32 Å². The molecule has 0 aliphatic heterocycles. The van der Waals surface area contributed by atoms with Crippen LogP contribution in [0, 0.1) is 0 Å². The van der Waals surface area contributed by atoms with E-state index in [4.69, 9.17) is 0 Å². The molecular formula is C14H11NS2. The minimum Gasteiger partial charge on any atom is -0.347 e. The van der Waals surface area contributed by atoms with Gasteiger partial charge in [-0.1, -0.05) is 24.3 Å². The van der Waals surface area contributed by atoms with Gasteiger partial charge >= 0.3 is 0 Å². The summed E-state index contributed by atoms with van der Waals surface area (Å²) in [6.07, 6.45) is 0. The molecule has 84 valence electrons. The quantitative estimate of drug-likeness (QED) is 0.678. The fourth-order valence-electron chi connectivity index (χ4n) is 1.62. The minimum absolute atomic E-state index is 1.13. The summed E-state index contributed by atoms with van der Waals surface area (Å²) in [6.45, 7) is 0. The molecule has 3 aromatic rings. The van der Waals surface area contributed by atoms with Crippen molar-refractivity contribution in [3.8, 4) is 9.75 Å². The molecule has 0 atom stereocenters. The fraction of sp³-hybridized carbons (Fsp3) is 0. The number of para-hydroxylation sites is 1. The molecule has 0 saturated carbocycles. The van der Waals surface area contributed by atoms with Crippen LogP contribution in [0.2, 0.25) is 0 Å². The molecule has 2 heterocycles. The van der Waals surface area contributed by atoms with E-state index in [1.807, 2.05) is 18.2 Å². The maximum absolute atomic E-state index is 3.41. The molecule has 1 N–H and O–H groups in total. The molecular weight excluding hydrogens is 246 g/mol. The van der Waals surface area contributed by atoms with Crippen LogP contribution in [-0.4, -0.2) is 0 Å². The predicted octanol–water partition coefficient (Wildman–Crippen LogP) is 5.22. The average Bonchev–Trinajstić information content (AvgIpc) is 3.00. The standard InChI is InChI=1S/C14H11NS2/c1-2-5-11(6-3-1)15-14-9-8-13(17-14)12-7-4-10-16-12/h1-10,15H. The van der Waals surface area contributed by atoms with Crippen LogP contribution in [0.25, 0.3) is 9.75 Å². The van der Waals surface area contributed by atoms with Gasteiger partial charge in [0.2, 0.25) is 0 Å². The first-order chi connectivity index (χ1) is 8.42. The Hall–Kier alpha value is -1.58. The first-order valence-electron chi connectivity index (χ1n) is 5.37. The zero-order chi connectivity index (χ0) is 11.5. The van der Waals surface area contributed by atoms with E-state index >= 15 is 0 Å². The molecule has 2 aromatic heterocycles. The maximum Gasteiger partial charge on any atom is 0.0933 e. The lowest BCUT2D eigenvalue weighted by atomic mass is 10.3. The van der Waals surface area contributed by atoms with Gasteiger partial charge in [0, 0.05) is 15.4 Å². The molecule has 0 fully saturated rings. The second-order valence-electron chi connectivity index (χ2n) is 3.63. The van der Waals surface area contributed by atoms with Crippen molar-refractivity contribution in [3.05, 3.63) is 60.0 Å². The summed E-state index contributed by atoms with van der Waals surface area (Å²) in [6, 6.07) is 18.8. The zero-order valence-electron chi connectivity index (χ0n) is 9.09. The van der Waals surface area contributed by atoms with E-state index in [1.165, 1.54) is 14.8 Å². The van der Waals surface area contributed by atoms with Crippen LogP contribution in [0.1, 0.15) is 0 Å². The van der Waals surface area contributed by atoms with Gasteiger partial charge in [0.05, 0.1) is 5.00 Å². The molecule has 1 nitrogen and oxygen atoms in total. The van der Waals surface area contributed by atoms with E-state index in [1.54, 1.807) is 22.7 Å². The Labute approximate surface area is 108 Å². The molecule has 0 spiro atoms. The summed E-state index contributed by atoms with van der Waals surface area (Å²) in [5.74, 6) is 0. The van der Waals surface area contributed by atoms with Crippen molar-refractivity contribution in [3.63, 3.8) is 0 Å². The molecule has 1 aromatic carbocycles. The van der Waals surface area contributed by atoms with Crippen molar-refractivity contribution >= 4 is 33.4 Å². The molecule has 0 radical (unpaired) electrons. The largest absolute Gasteiger partial charge is 0.347 e. The van der Waals surface area contributed by atoms with Crippen LogP contribution in [0.5, 0.6) is 0 Å². The van der Waals surface area contributed by atoms with E-state index in [0.717, 1.165) is 5.69 Å². The van der Waals surface area contributed by atoms with E-state index in [0.29, 0.717) is 0 Å². The van der Waals surface area contributed by atoms with Crippen LogP contribution in [0.3, 0.4) is 0 Å². The molecule has 3 heteroatoms. The summed E-state index contributed by atoms with van der Waals surface area (Å²) in [5, 5.41) is 6.70. The van der Waals surface area contributed by atoms with Crippen molar-refractivity contribution in [2.24, 2.45) is 0 Å². The van der Waals surface area contributed by atoms with Crippen LogP contribution >= 0.6 is 22.7 Å². The molecule has 0 amide bonds. The Balaban J connectivity index is 1.82. The lowest BCUT2D eigenvalue weighted by Gasteiger charge is -2.01. The molecule has 17 heavy (non-hydrogen) atoms. The summed E-state index contributed by atoms with van der Waals surface area (Å²) in [7, 11) is 0. The van der Waals surface area contributed by atoms with E-state index in [2.05, 4.69) is 47.1 Å². The van der Waals surface area contributed by atoms with Crippen molar-refractivity contribution < 1.29 is 0 Å². The van der Waals surface area contributed by atoms with Crippen molar-refractivity contribution in [2.45, 2.75) is 0 Å². The molecule has 0 unspecified atom stereocenters. The topological polar surface area (TPSA) is 12.0 Å². The van der Waals surface area contributed by atoms with E-state index < -0.39 is 0 Å². The highest BCUT2D eigenvalue weighted by molar-refractivity contribution is 7.23. The highest BCUT2D eigenvalue weighted by Crippen LogP contribution is 2.35. The molecule has 0 bridgehead atoms. The van der Waals surface area contributed by atoms with Crippen LogP contribution in [-0.2, 0) is 0 Å². The Kier molecular flexibility index (Phi) is 2.94. The second-order valence-corrected chi connectivity index (χ2v) is 5.66. The van der Waals surface area contributed by atoms with Gasteiger partial charge in [-0.25, -0.2) is 0 Å². The third-order valence-electron chi connectivity index (χ3n) is 2.41. The van der Waals surface area contributed by atoms with E-state index in [9.17, 15) is 0 Å². The van der Waals surface area contributed by atoms with Gasteiger partial charge in [-0.15, -0.1) is 22.7 Å². The third kappa shape index (κ3) is 2.40. The van der Waals surface area contributed by atoms with Crippen molar-refractivity contribution in [2.75, 3.05) is 5.32 Å². The summed E-state index contributed by atoms with van der Waals surface area (Å²) < 4.78 is 0. The summed E-state index contributed by atoms with van der Waals surface area (Å²) >= 11 is 3.56. The maximum atomic E-state index is 3.41. The number of thiophene rings is 2. The molecule has 0 aliphatic rings. The number of nitrogens with one attached hydrogen (secondary N) is 1. The molecule has 0 saturated heterocycles. The highest BCUT2D eigenvalue weighted by atomic mass is 32.1. The van der Waals surface area contributed by atoms with Crippen LogP contribution in [0.15, 0.2) is 60.0 Å². The summed E-state index contributed by atoms with van der Waals surface area (Å²) in [5.41, 5.74) is 1.13. The smallest absolute Gasteiger partial charge is 0.0933 e. The Morgan fingerprint density at radius 2 is 1.65 bits per heavy atom. The normalized spacial score (nSPS) is 10.4. The first-order valence-corrected chi connectivity index (χ1v) is 7.07. The van der Waals surface area contributed by atoms with Gasteiger partial charge in [-0.05, 0) is 35.7 Å². The van der Waals surface area contributed by atoms with E-state index in [-0.39, 0.29) is 0 Å². The Morgan fingerprint density at radius 3 is 2.41 bits per heavy atom. The number of anilines is 2. The third-order valence-corrected chi connectivity index (χ3v) is 4.48. The lowest BCUT2D eigenvalue weighted by molar-refractivity contribution is 1.61.